The standard InChI is InChI=1S/C16H18N4O/c1-10-8-14(11(2)19-18-10)16(21)20-7-3-4-12-9-13(17)5-6-15(12)20/h5-6,8-9H,3-4,7,17H2,1-2H3. The molecule has 1 amide bonds. The maximum absolute atomic E-state index is 12.8. The summed E-state index contributed by atoms with van der Waals surface area (Å²) in [7, 11) is 0. The van der Waals surface area contributed by atoms with Gasteiger partial charge in [-0.2, -0.15) is 10.2 Å². The fourth-order valence-electron chi connectivity index (χ4n) is 2.74. The molecule has 0 atom stereocenters. The van der Waals surface area contributed by atoms with E-state index in [9.17, 15) is 4.79 Å². The molecule has 1 aliphatic rings. The van der Waals surface area contributed by atoms with Gasteiger partial charge in [-0.1, -0.05) is 0 Å². The molecule has 0 aliphatic carbocycles. The van der Waals surface area contributed by atoms with Crippen LogP contribution in [0.2, 0.25) is 0 Å². The number of carbonyl (C=O) groups is 1. The Morgan fingerprint density at radius 1 is 1.24 bits per heavy atom. The van der Waals surface area contributed by atoms with Crippen molar-refractivity contribution in [3.8, 4) is 0 Å². The monoisotopic (exact) mass is 282 g/mol. The second-order valence-electron chi connectivity index (χ2n) is 5.43. The van der Waals surface area contributed by atoms with Gasteiger partial charge in [0.05, 0.1) is 17.0 Å². The zero-order chi connectivity index (χ0) is 15.0. The second-order valence-corrected chi connectivity index (χ2v) is 5.43. The number of hydrogen-bond donors (Lipinski definition) is 1. The molecular weight excluding hydrogens is 264 g/mol. The number of carbonyl (C=O) groups excluding carboxylic acids is 1. The number of hydrogen-bond acceptors (Lipinski definition) is 4. The summed E-state index contributed by atoms with van der Waals surface area (Å²) >= 11 is 0. The summed E-state index contributed by atoms with van der Waals surface area (Å²) in [6.45, 7) is 4.37. The maximum Gasteiger partial charge on any atom is 0.260 e. The molecule has 108 valence electrons. The van der Waals surface area contributed by atoms with Crippen molar-refractivity contribution in [1.82, 2.24) is 10.2 Å². The molecule has 0 bridgehead atoms. The lowest BCUT2D eigenvalue weighted by Crippen LogP contribution is -2.36. The number of nitrogen functional groups attached to an aromatic ring is 1. The van der Waals surface area contributed by atoms with Crippen LogP contribution in [0.3, 0.4) is 0 Å². The Hall–Kier alpha value is -2.43. The van der Waals surface area contributed by atoms with Crippen LogP contribution in [0.1, 0.15) is 33.7 Å². The summed E-state index contributed by atoms with van der Waals surface area (Å²) in [6.07, 6.45) is 1.90. The first-order chi connectivity index (χ1) is 10.1. The van der Waals surface area contributed by atoms with Gasteiger partial charge >= 0.3 is 0 Å². The molecule has 2 N–H and O–H groups in total. The van der Waals surface area contributed by atoms with Crippen LogP contribution in [0.4, 0.5) is 11.4 Å². The predicted molar refractivity (Wildman–Crippen MR) is 82.4 cm³/mol. The van der Waals surface area contributed by atoms with Crippen molar-refractivity contribution in [2.75, 3.05) is 17.2 Å². The molecule has 1 aromatic carbocycles. The minimum Gasteiger partial charge on any atom is -0.399 e. The SMILES string of the molecule is Cc1cc(C(=O)N2CCCc3cc(N)ccc32)c(C)nn1. The average molecular weight is 282 g/mol. The number of fused-ring (bicyclic) bond motifs is 1. The van der Waals surface area contributed by atoms with Crippen LogP contribution in [0.15, 0.2) is 24.3 Å². The van der Waals surface area contributed by atoms with Crippen LogP contribution in [0.25, 0.3) is 0 Å². The van der Waals surface area contributed by atoms with Gasteiger partial charge in [0.15, 0.2) is 0 Å². The van der Waals surface area contributed by atoms with Crippen LogP contribution in [-0.2, 0) is 6.42 Å². The molecule has 0 saturated carbocycles. The molecule has 0 unspecified atom stereocenters. The number of nitrogens with two attached hydrogens (primary N) is 1. The molecule has 0 radical (unpaired) electrons. The topological polar surface area (TPSA) is 72.1 Å². The first-order valence-corrected chi connectivity index (χ1v) is 7.07. The smallest absolute Gasteiger partial charge is 0.260 e. The van der Waals surface area contributed by atoms with Gasteiger partial charge < -0.3 is 10.6 Å². The van der Waals surface area contributed by atoms with Crippen molar-refractivity contribution in [3.05, 3.63) is 46.8 Å². The van der Waals surface area contributed by atoms with Crippen LogP contribution in [-0.4, -0.2) is 22.6 Å². The van der Waals surface area contributed by atoms with E-state index >= 15 is 0 Å². The Morgan fingerprint density at radius 3 is 2.86 bits per heavy atom. The lowest BCUT2D eigenvalue weighted by atomic mass is 10.00. The summed E-state index contributed by atoms with van der Waals surface area (Å²) in [6, 6.07) is 7.53. The Kier molecular flexibility index (Phi) is 3.33. The summed E-state index contributed by atoms with van der Waals surface area (Å²) < 4.78 is 0. The Bertz CT molecular complexity index is 711. The van der Waals surface area contributed by atoms with Crippen molar-refractivity contribution >= 4 is 17.3 Å². The zero-order valence-corrected chi connectivity index (χ0v) is 12.3. The van der Waals surface area contributed by atoms with Crippen molar-refractivity contribution in [3.63, 3.8) is 0 Å². The molecule has 0 spiro atoms. The molecule has 21 heavy (non-hydrogen) atoms. The summed E-state index contributed by atoms with van der Waals surface area (Å²) in [5.41, 5.74) is 10.7. The van der Waals surface area contributed by atoms with E-state index in [1.165, 1.54) is 0 Å². The Balaban J connectivity index is 2.02. The first kappa shape index (κ1) is 13.5. The number of aryl methyl sites for hydroxylation is 3. The van der Waals surface area contributed by atoms with E-state index in [4.69, 9.17) is 5.73 Å². The lowest BCUT2D eigenvalue weighted by molar-refractivity contribution is 0.0983. The van der Waals surface area contributed by atoms with Crippen LogP contribution in [0, 0.1) is 13.8 Å². The average Bonchev–Trinajstić information content (AvgIpc) is 2.48. The van der Waals surface area contributed by atoms with Gasteiger partial charge in [0.2, 0.25) is 0 Å². The van der Waals surface area contributed by atoms with E-state index in [1.54, 1.807) is 6.07 Å². The van der Waals surface area contributed by atoms with Gasteiger partial charge in [0, 0.05) is 17.9 Å². The minimum atomic E-state index is -0.0174. The van der Waals surface area contributed by atoms with Crippen molar-refractivity contribution < 1.29 is 4.79 Å². The molecular formula is C16H18N4O. The van der Waals surface area contributed by atoms with Gasteiger partial charge in [-0.25, -0.2) is 0 Å². The highest BCUT2D eigenvalue weighted by Crippen LogP contribution is 2.30. The highest BCUT2D eigenvalue weighted by Gasteiger charge is 2.25. The molecule has 3 rings (SSSR count). The molecule has 2 aromatic rings. The maximum atomic E-state index is 12.8. The number of amides is 1. The Morgan fingerprint density at radius 2 is 2.05 bits per heavy atom. The van der Waals surface area contributed by atoms with E-state index in [1.807, 2.05) is 36.9 Å². The molecule has 1 aromatic heterocycles. The third kappa shape index (κ3) is 2.46. The molecule has 0 saturated heterocycles. The fraction of sp³-hybridized carbons (Fsp3) is 0.312. The highest BCUT2D eigenvalue weighted by molar-refractivity contribution is 6.07. The lowest BCUT2D eigenvalue weighted by Gasteiger charge is -2.30. The number of rotatable bonds is 1. The van der Waals surface area contributed by atoms with Crippen LogP contribution in [0.5, 0.6) is 0 Å². The quantitative estimate of drug-likeness (QED) is 0.814. The van der Waals surface area contributed by atoms with Gasteiger partial charge in [-0.3, -0.25) is 4.79 Å². The molecule has 1 aliphatic heterocycles. The van der Waals surface area contributed by atoms with E-state index in [0.717, 1.165) is 42.0 Å². The van der Waals surface area contributed by atoms with E-state index in [-0.39, 0.29) is 5.91 Å². The third-order valence-electron chi connectivity index (χ3n) is 3.80. The van der Waals surface area contributed by atoms with E-state index in [2.05, 4.69) is 10.2 Å². The van der Waals surface area contributed by atoms with Gasteiger partial charge in [-0.05, 0) is 56.5 Å². The molecule has 0 fully saturated rings. The van der Waals surface area contributed by atoms with Gasteiger partial charge in [0.25, 0.3) is 5.91 Å². The van der Waals surface area contributed by atoms with Gasteiger partial charge in [-0.15, -0.1) is 0 Å². The van der Waals surface area contributed by atoms with E-state index < -0.39 is 0 Å². The Labute approximate surface area is 123 Å². The normalized spacial score (nSPS) is 13.9. The fourth-order valence-corrected chi connectivity index (χ4v) is 2.74. The second kappa shape index (κ2) is 5.16. The summed E-state index contributed by atoms with van der Waals surface area (Å²) in [4.78, 5) is 14.7. The zero-order valence-electron chi connectivity index (χ0n) is 12.3. The van der Waals surface area contributed by atoms with Crippen LogP contribution >= 0.6 is 0 Å². The highest BCUT2D eigenvalue weighted by atomic mass is 16.2. The van der Waals surface area contributed by atoms with Crippen molar-refractivity contribution in [2.24, 2.45) is 0 Å². The molecule has 2 heterocycles. The van der Waals surface area contributed by atoms with E-state index in [0.29, 0.717) is 11.3 Å². The minimum absolute atomic E-state index is 0.0174. The largest absolute Gasteiger partial charge is 0.399 e. The third-order valence-corrected chi connectivity index (χ3v) is 3.80. The molecule has 5 nitrogen and oxygen atoms in total. The van der Waals surface area contributed by atoms with Crippen LogP contribution < -0.4 is 10.6 Å². The molecule has 5 heteroatoms. The number of anilines is 2. The number of nitrogens with zero attached hydrogens (tertiary/aromatic N) is 3. The summed E-state index contributed by atoms with van der Waals surface area (Å²) in [5, 5.41) is 8.03. The predicted octanol–water partition coefficient (Wildman–Crippen LogP) is 2.27. The van der Waals surface area contributed by atoms with Gasteiger partial charge in [0.1, 0.15) is 0 Å². The summed E-state index contributed by atoms with van der Waals surface area (Å²) in [5.74, 6) is -0.0174. The van der Waals surface area contributed by atoms with Crippen molar-refractivity contribution in [1.29, 1.82) is 0 Å². The number of aromatic nitrogens is 2. The first-order valence-electron chi connectivity index (χ1n) is 7.07. The number of benzene rings is 1. The van der Waals surface area contributed by atoms with Crippen molar-refractivity contribution in [2.45, 2.75) is 26.7 Å².